The van der Waals surface area contributed by atoms with Crippen molar-refractivity contribution in [1.82, 2.24) is 0 Å². The van der Waals surface area contributed by atoms with Crippen molar-refractivity contribution in [3.8, 4) is 0 Å². The maximum atomic E-state index is 12.7. The first kappa shape index (κ1) is 15.9. The molecular weight excluding hydrogens is 301 g/mol. The third kappa shape index (κ3) is 3.99. The summed E-state index contributed by atoms with van der Waals surface area (Å²) in [6.07, 6.45) is -5.18. The Kier molecular flexibility index (Phi) is 4.59. The van der Waals surface area contributed by atoms with Crippen molar-refractivity contribution in [3.05, 3.63) is 69.7 Å². The van der Waals surface area contributed by atoms with Gasteiger partial charge in [-0.25, -0.2) is 0 Å². The Labute approximate surface area is 126 Å². The highest BCUT2D eigenvalue weighted by molar-refractivity contribution is 6.30. The summed E-state index contributed by atoms with van der Waals surface area (Å²) in [5.41, 5.74) is 1.19. The lowest BCUT2D eigenvalue weighted by Crippen LogP contribution is -2.08. The molecule has 2 aromatic carbocycles. The van der Waals surface area contributed by atoms with Crippen LogP contribution in [0, 0.1) is 6.92 Å². The van der Waals surface area contributed by atoms with Crippen LogP contribution >= 0.6 is 11.6 Å². The highest BCUT2D eigenvalue weighted by Gasteiger charge is 2.30. The van der Waals surface area contributed by atoms with E-state index in [1.807, 2.05) is 6.92 Å². The lowest BCUT2D eigenvalue weighted by molar-refractivity contribution is -0.137. The summed E-state index contributed by atoms with van der Waals surface area (Å²) in [6.45, 7) is 1.82. The summed E-state index contributed by atoms with van der Waals surface area (Å²) in [5.74, 6) is 0. The summed E-state index contributed by atoms with van der Waals surface area (Å²) >= 11 is 5.89. The summed E-state index contributed by atoms with van der Waals surface area (Å²) < 4.78 is 38.0. The van der Waals surface area contributed by atoms with Gasteiger partial charge in [-0.3, -0.25) is 0 Å². The van der Waals surface area contributed by atoms with E-state index >= 15 is 0 Å². The van der Waals surface area contributed by atoms with Gasteiger partial charge in [0.25, 0.3) is 0 Å². The van der Waals surface area contributed by atoms with E-state index < -0.39 is 17.8 Å². The molecule has 0 saturated heterocycles. The van der Waals surface area contributed by atoms with Crippen molar-refractivity contribution in [2.24, 2.45) is 0 Å². The van der Waals surface area contributed by atoms with Crippen LogP contribution in [0.25, 0.3) is 0 Å². The highest BCUT2D eigenvalue weighted by Crippen LogP contribution is 2.31. The molecule has 1 nitrogen and oxygen atoms in total. The quantitative estimate of drug-likeness (QED) is 0.850. The van der Waals surface area contributed by atoms with Crippen LogP contribution in [-0.4, -0.2) is 5.11 Å². The van der Waals surface area contributed by atoms with Gasteiger partial charge in [0.05, 0.1) is 11.7 Å². The lowest BCUT2D eigenvalue weighted by Gasteiger charge is -2.15. The van der Waals surface area contributed by atoms with E-state index in [9.17, 15) is 18.3 Å². The molecule has 0 aliphatic rings. The number of benzene rings is 2. The number of hydrogen-bond donors (Lipinski definition) is 1. The Morgan fingerprint density at radius 2 is 1.86 bits per heavy atom. The number of halogens is 4. The van der Waals surface area contributed by atoms with Gasteiger partial charge in [0.2, 0.25) is 0 Å². The van der Waals surface area contributed by atoms with Crippen molar-refractivity contribution in [1.29, 1.82) is 0 Å². The standard InChI is InChI=1S/C16H14ClF3O/c1-10-5-6-13(17)9-14(10)15(21)8-11-3-2-4-12(7-11)16(18,19)20/h2-7,9,15,21H,8H2,1H3. The van der Waals surface area contributed by atoms with Gasteiger partial charge in [0.15, 0.2) is 0 Å². The van der Waals surface area contributed by atoms with E-state index in [4.69, 9.17) is 11.6 Å². The van der Waals surface area contributed by atoms with Crippen molar-refractivity contribution >= 4 is 11.6 Å². The van der Waals surface area contributed by atoms with Crippen LogP contribution in [0.1, 0.15) is 28.4 Å². The van der Waals surface area contributed by atoms with E-state index in [1.54, 1.807) is 24.3 Å². The molecule has 21 heavy (non-hydrogen) atoms. The fourth-order valence-electron chi connectivity index (χ4n) is 2.18. The second-order valence-electron chi connectivity index (χ2n) is 4.92. The molecule has 112 valence electrons. The Morgan fingerprint density at radius 1 is 1.14 bits per heavy atom. The number of rotatable bonds is 3. The van der Waals surface area contributed by atoms with Crippen LogP contribution in [0.4, 0.5) is 13.2 Å². The van der Waals surface area contributed by atoms with Crippen molar-refractivity contribution in [3.63, 3.8) is 0 Å². The van der Waals surface area contributed by atoms with Gasteiger partial charge in [0.1, 0.15) is 0 Å². The van der Waals surface area contributed by atoms with Crippen LogP contribution < -0.4 is 0 Å². The van der Waals surface area contributed by atoms with E-state index in [0.29, 0.717) is 16.1 Å². The van der Waals surface area contributed by atoms with Crippen LogP contribution in [0.3, 0.4) is 0 Å². The smallest absolute Gasteiger partial charge is 0.388 e. The lowest BCUT2D eigenvalue weighted by atomic mass is 9.97. The minimum absolute atomic E-state index is 0.102. The molecule has 1 atom stereocenters. The molecule has 1 unspecified atom stereocenters. The van der Waals surface area contributed by atoms with Crippen molar-refractivity contribution in [2.45, 2.75) is 25.6 Å². The van der Waals surface area contributed by atoms with Crippen LogP contribution in [-0.2, 0) is 12.6 Å². The molecule has 0 aliphatic heterocycles. The second-order valence-corrected chi connectivity index (χ2v) is 5.36. The molecule has 0 spiro atoms. The molecule has 5 heteroatoms. The molecule has 0 saturated carbocycles. The third-order valence-electron chi connectivity index (χ3n) is 3.28. The SMILES string of the molecule is Cc1ccc(Cl)cc1C(O)Cc1cccc(C(F)(F)F)c1. The van der Waals surface area contributed by atoms with Gasteiger partial charge in [-0.15, -0.1) is 0 Å². The number of aryl methyl sites for hydroxylation is 1. The monoisotopic (exact) mass is 314 g/mol. The summed E-state index contributed by atoms with van der Waals surface area (Å²) in [6, 6.07) is 10.1. The molecule has 0 fully saturated rings. The number of aliphatic hydroxyl groups excluding tert-OH is 1. The van der Waals surface area contributed by atoms with Crippen LogP contribution in [0.15, 0.2) is 42.5 Å². The first-order valence-corrected chi connectivity index (χ1v) is 6.75. The van der Waals surface area contributed by atoms with Gasteiger partial charge < -0.3 is 5.11 Å². The molecule has 1 N–H and O–H groups in total. The van der Waals surface area contributed by atoms with E-state index in [2.05, 4.69) is 0 Å². The molecule has 0 radical (unpaired) electrons. The molecular formula is C16H14ClF3O. The fourth-order valence-corrected chi connectivity index (χ4v) is 2.36. The van der Waals surface area contributed by atoms with Gasteiger partial charge in [0, 0.05) is 11.4 Å². The Bertz CT molecular complexity index is 638. The third-order valence-corrected chi connectivity index (χ3v) is 3.52. The largest absolute Gasteiger partial charge is 0.416 e. The molecule has 0 bridgehead atoms. The normalized spacial score (nSPS) is 13.2. The van der Waals surface area contributed by atoms with E-state index in [1.165, 1.54) is 6.07 Å². The summed E-state index contributed by atoms with van der Waals surface area (Å²) in [7, 11) is 0. The average molecular weight is 315 g/mol. The molecule has 0 heterocycles. The zero-order chi connectivity index (χ0) is 15.6. The van der Waals surface area contributed by atoms with Crippen LogP contribution in [0.5, 0.6) is 0 Å². The first-order valence-electron chi connectivity index (χ1n) is 6.37. The minimum Gasteiger partial charge on any atom is -0.388 e. The van der Waals surface area contributed by atoms with Crippen molar-refractivity contribution in [2.75, 3.05) is 0 Å². The fraction of sp³-hybridized carbons (Fsp3) is 0.250. The van der Waals surface area contributed by atoms with E-state index in [-0.39, 0.29) is 6.42 Å². The predicted octanol–water partition coefficient (Wildman–Crippen LogP) is 4.94. The Morgan fingerprint density at radius 3 is 2.52 bits per heavy atom. The van der Waals surface area contributed by atoms with Gasteiger partial charge in [-0.1, -0.05) is 35.9 Å². The topological polar surface area (TPSA) is 20.2 Å². The average Bonchev–Trinajstić information content (AvgIpc) is 2.41. The maximum absolute atomic E-state index is 12.7. The second kappa shape index (κ2) is 6.08. The predicted molar refractivity (Wildman–Crippen MR) is 76.3 cm³/mol. The van der Waals surface area contributed by atoms with Crippen molar-refractivity contribution < 1.29 is 18.3 Å². The number of aliphatic hydroxyl groups is 1. The highest BCUT2D eigenvalue weighted by atomic mass is 35.5. The van der Waals surface area contributed by atoms with E-state index in [0.717, 1.165) is 17.7 Å². The first-order chi connectivity index (χ1) is 9.77. The molecule has 0 amide bonds. The number of alkyl halides is 3. The van der Waals surface area contributed by atoms with Gasteiger partial charge in [-0.05, 0) is 41.8 Å². The molecule has 2 aromatic rings. The Hall–Kier alpha value is -1.52. The zero-order valence-corrected chi connectivity index (χ0v) is 12.0. The molecule has 0 aliphatic carbocycles. The minimum atomic E-state index is -4.38. The summed E-state index contributed by atoms with van der Waals surface area (Å²) in [4.78, 5) is 0. The van der Waals surface area contributed by atoms with Crippen LogP contribution in [0.2, 0.25) is 5.02 Å². The number of hydrogen-bond acceptors (Lipinski definition) is 1. The molecule has 2 rings (SSSR count). The zero-order valence-electron chi connectivity index (χ0n) is 11.3. The summed E-state index contributed by atoms with van der Waals surface area (Å²) in [5, 5.41) is 10.7. The van der Waals surface area contributed by atoms with Gasteiger partial charge >= 0.3 is 6.18 Å². The van der Waals surface area contributed by atoms with Gasteiger partial charge in [-0.2, -0.15) is 13.2 Å². The molecule has 0 aromatic heterocycles. The Balaban J connectivity index is 2.23. The maximum Gasteiger partial charge on any atom is 0.416 e.